The summed E-state index contributed by atoms with van der Waals surface area (Å²) in [7, 11) is 0. The second-order valence-corrected chi connectivity index (χ2v) is 8.78. The van der Waals surface area contributed by atoms with E-state index in [4.69, 9.17) is 0 Å². The summed E-state index contributed by atoms with van der Waals surface area (Å²) in [4.78, 5) is 37.9. The van der Waals surface area contributed by atoms with Gasteiger partial charge in [0.15, 0.2) is 11.5 Å². The van der Waals surface area contributed by atoms with Gasteiger partial charge in [0.1, 0.15) is 0 Å². The Morgan fingerprint density at radius 3 is 2.62 bits per heavy atom. The predicted octanol–water partition coefficient (Wildman–Crippen LogP) is 3.08. The predicted molar refractivity (Wildman–Crippen MR) is 125 cm³/mol. The number of benzene rings is 2. The Morgan fingerprint density at radius 2 is 1.81 bits per heavy atom. The third-order valence-corrected chi connectivity index (χ3v) is 6.64. The molecule has 0 spiro atoms. The van der Waals surface area contributed by atoms with Gasteiger partial charge >= 0.3 is 5.69 Å². The molecular formula is C25H27N5O2. The number of aromatic amines is 1. The molecule has 0 radical (unpaired) electrons. The van der Waals surface area contributed by atoms with Gasteiger partial charge in [0, 0.05) is 19.6 Å². The van der Waals surface area contributed by atoms with Crippen LogP contribution in [0.3, 0.4) is 0 Å². The van der Waals surface area contributed by atoms with Crippen molar-refractivity contribution in [3.05, 3.63) is 80.0 Å². The lowest BCUT2D eigenvalue weighted by molar-refractivity contribution is 0.201. The molecule has 0 saturated carbocycles. The minimum absolute atomic E-state index is 0.209. The second kappa shape index (κ2) is 8.31. The molecule has 0 bridgehead atoms. The maximum absolute atomic E-state index is 12.5. The summed E-state index contributed by atoms with van der Waals surface area (Å²) in [5.74, 6) is 0.881. The monoisotopic (exact) mass is 429 g/mol. The van der Waals surface area contributed by atoms with E-state index in [1.807, 2.05) is 17.6 Å². The van der Waals surface area contributed by atoms with Crippen molar-refractivity contribution in [1.82, 2.24) is 24.4 Å². The van der Waals surface area contributed by atoms with Crippen molar-refractivity contribution in [3.8, 4) is 11.5 Å². The van der Waals surface area contributed by atoms with E-state index in [-0.39, 0.29) is 5.69 Å². The molecule has 0 aromatic heterocycles. The number of piperidine rings is 1. The van der Waals surface area contributed by atoms with Gasteiger partial charge in [-0.05, 0) is 68.0 Å². The van der Waals surface area contributed by atoms with Gasteiger partial charge in [0.2, 0.25) is 0 Å². The van der Waals surface area contributed by atoms with E-state index in [1.165, 1.54) is 12.0 Å². The number of nitrogens with zero attached hydrogens (tertiary/aromatic N) is 4. The number of aryl methyl sites for hydroxylation is 2. The normalized spacial score (nSPS) is 17.2. The summed E-state index contributed by atoms with van der Waals surface area (Å²) in [6, 6.07) is 14.8. The van der Waals surface area contributed by atoms with Gasteiger partial charge in [-0.25, -0.2) is 9.78 Å². The average molecular weight is 430 g/mol. The number of H-pyrrole nitrogens is 1. The maximum atomic E-state index is 12.5. The highest BCUT2D eigenvalue weighted by Gasteiger charge is 2.23. The molecule has 1 saturated heterocycles. The first kappa shape index (κ1) is 20.6. The highest BCUT2D eigenvalue weighted by molar-refractivity contribution is 5.81. The zero-order valence-electron chi connectivity index (χ0n) is 18.5. The first-order valence-corrected chi connectivity index (χ1v) is 11.2. The molecule has 2 aromatic rings. The van der Waals surface area contributed by atoms with Crippen LogP contribution in [0.25, 0.3) is 22.6 Å². The van der Waals surface area contributed by atoms with Gasteiger partial charge < -0.3 is 9.47 Å². The van der Waals surface area contributed by atoms with Crippen LogP contribution in [0.1, 0.15) is 35.4 Å². The van der Waals surface area contributed by atoms with Gasteiger partial charge in [-0.1, -0.05) is 30.3 Å². The van der Waals surface area contributed by atoms with E-state index in [2.05, 4.69) is 63.2 Å². The molecule has 3 heterocycles. The van der Waals surface area contributed by atoms with Crippen molar-refractivity contribution in [2.24, 2.45) is 0 Å². The van der Waals surface area contributed by atoms with Crippen LogP contribution in [0.15, 0.2) is 52.1 Å². The summed E-state index contributed by atoms with van der Waals surface area (Å²) in [5, 5.41) is 0. The molecule has 1 N–H and O–H groups in total. The number of likely N-dealkylation sites (tertiary alicyclic amines) is 1. The number of rotatable bonds is 4. The van der Waals surface area contributed by atoms with Gasteiger partial charge in [-0.3, -0.25) is 9.78 Å². The first-order chi connectivity index (χ1) is 15.5. The van der Waals surface area contributed by atoms with Gasteiger partial charge in [-0.15, -0.1) is 0 Å². The van der Waals surface area contributed by atoms with E-state index in [9.17, 15) is 9.59 Å². The van der Waals surface area contributed by atoms with E-state index >= 15 is 0 Å². The fourth-order valence-corrected chi connectivity index (χ4v) is 4.77. The fraction of sp³-hybridized carbons (Fsp3) is 0.360. The van der Waals surface area contributed by atoms with Crippen LogP contribution in [0, 0.1) is 13.8 Å². The average Bonchev–Trinajstić information content (AvgIpc) is 2.79. The Bertz CT molecular complexity index is 1360. The Balaban J connectivity index is 1.50. The summed E-state index contributed by atoms with van der Waals surface area (Å²) in [5.41, 5.74) is 4.37. The minimum atomic E-state index is -0.636. The number of hydrogen-bond donors (Lipinski definition) is 1. The van der Waals surface area contributed by atoms with Crippen LogP contribution in [0.2, 0.25) is 0 Å². The van der Waals surface area contributed by atoms with E-state index in [0.29, 0.717) is 18.3 Å². The molecule has 0 amide bonds. The zero-order valence-corrected chi connectivity index (χ0v) is 18.5. The van der Waals surface area contributed by atoms with E-state index in [0.717, 1.165) is 48.2 Å². The highest BCUT2D eigenvalue weighted by atomic mass is 16.2. The molecule has 5 rings (SSSR count). The van der Waals surface area contributed by atoms with Crippen LogP contribution in [0.5, 0.6) is 0 Å². The maximum Gasteiger partial charge on any atom is 0.349 e. The van der Waals surface area contributed by atoms with Crippen molar-refractivity contribution >= 4 is 11.0 Å². The lowest BCUT2D eigenvalue weighted by atomic mass is 9.91. The number of nitrogens with one attached hydrogen (secondary N) is 1. The second-order valence-electron chi connectivity index (χ2n) is 8.78. The Morgan fingerprint density at radius 1 is 1.03 bits per heavy atom. The lowest BCUT2D eigenvalue weighted by Crippen LogP contribution is -2.37. The highest BCUT2D eigenvalue weighted by Crippen LogP contribution is 2.28. The largest absolute Gasteiger partial charge is 0.349 e. The molecule has 3 aliphatic heterocycles. The molecule has 3 aliphatic rings. The number of aromatic nitrogens is 4. The summed E-state index contributed by atoms with van der Waals surface area (Å²) >= 11 is 0. The Kier molecular flexibility index (Phi) is 5.35. The van der Waals surface area contributed by atoms with Crippen molar-refractivity contribution in [1.29, 1.82) is 0 Å². The molecule has 32 heavy (non-hydrogen) atoms. The lowest BCUT2D eigenvalue weighted by Gasteiger charge is -2.33. The first-order valence-electron chi connectivity index (χ1n) is 11.2. The van der Waals surface area contributed by atoms with E-state index in [1.54, 1.807) is 0 Å². The molecule has 164 valence electrons. The molecule has 1 fully saturated rings. The van der Waals surface area contributed by atoms with Crippen LogP contribution in [-0.2, 0) is 6.54 Å². The number of fused-ring (bicyclic) bond motifs is 2. The van der Waals surface area contributed by atoms with Crippen molar-refractivity contribution in [2.75, 3.05) is 19.6 Å². The molecule has 0 aliphatic carbocycles. The van der Waals surface area contributed by atoms with Crippen molar-refractivity contribution in [3.63, 3.8) is 0 Å². The Labute approximate surface area is 186 Å². The molecule has 1 atom stereocenters. The topological polar surface area (TPSA) is 83.9 Å². The Hall–Kier alpha value is -3.32. The quantitative estimate of drug-likeness (QED) is 0.504. The zero-order chi connectivity index (χ0) is 22.2. The molecule has 7 heteroatoms. The summed E-state index contributed by atoms with van der Waals surface area (Å²) in [6.45, 7) is 7.59. The fourth-order valence-electron chi connectivity index (χ4n) is 4.77. The molecule has 7 nitrogen and oxygen atoms in total. The van der Waals surface area contributed by atoms with Gasteiger partial charge in [-0.2, -0.15) is 4.98 Å². The SMILES string of the molecule is Cc1cc2nc3c(=O)[nH]c(=O)nc-3n(CCN3CCCC(c4ccccc4)C3)c2cc1C. The van der Waals surface area contributed by atoms with Crippen molar-refractivity contribution in [2.45, 2.75) is 39.2 Å². The van der Waals surface area contributed by atoms with Crippen molar-refractivity contribution < 1.29 is 0 Å². The third kappa shape index (κ3) is 3.84. The van der Waals surface area contributed by atoms with Crippen LogP contribution in [0.4, 0.5) is 0 Å². The molecule has 1 unspecified atom stereocenters. The van der Waals surface area contributed by atoms with Crippen LogP contribution in [-0.4, -0.2) is 44.1 Å². The summed E-state index contributed by atoms with van der Waals surface area (Å²) in [6.07, 6.45) is 2.35. The van der Waals surface area contributed by atoms with Crippen LogP contribution < -0.4 is 11.2 Å². The molecule has 2 aromatic carbocycles. The molecular weight excluding hydrogens is 402 g/mol. The summed E-state index contributed by atoms with van der Waals surface area (Å²) < 4.78 is 1.99. The third-order valence-electron chi connectivity index (χ3n) is 6.64. The van der Waals surface area contributed by atoms with Gasteiger partial charge in [0.05, 0.1) is 11.0 Å². The van der Waals surface area contributed by atoms with E-state index < -0.39 is 11.2 Å². The smallest absolute Gasteiger partial charge is 0.321 e. The number of hydrogen-bond acceptors (Lipinski definition) is 5. The van der Waals surface area contributed by atoms with Gasteiger partial charge in [0.25, 0.3) is 5.56 Å². The minimum Gasteiger partial charge on any atom is -0.321 e. The van der Waals surface area contributed by atoms with Crippen LogP contribution >= 0.6 is 0 Å². The standard InChI is InChI=1S/C25H27N5O2/c1-16-13-20-21(14-17(16)2)30(23-22(26-20)24(31)28-25(32)27-23)12-11-29-10-6-9-19(15-29)18-7-4-3-5-8-18/h3-5,7-8,13-14,19H,6,9-12,15H2,1-2H3,(H,28,31,32).